The van der Waals surface area contributed by atoms with Gasteiger partial charge in [-0.2, -0.15) is 0 Å². The van der Waals surface area contributed by atoms with E-state index in [0.717, 1.165) is 11.3 Å². The number of rotatable bonds is 4. The monoisotopic (exact) mass is 367 g/mol. The minimum absolute atomic E-state index is 0.0684. The van der Waals surface area contributed by atoms with Crippen molar-refractivity contribution in [3.63, 3.8) is 0 Å². The second-order valence-corrected chi connectivity index (χ2v) is 6.85. The maximum Gasteiger partial charge on any atom is 0.273 e. The van der Waals surface area contributed by atoms with E-state index >= 15 is 0 Å². The molecule has 0 aromatic heterocycles. The number of hydrogen-bond acceptors (Lipinski definition) is 5. The molecule has 0 spiro atoms. The zero-order chi connectivity index (χ0) is 18.7. The van der Waals surface area contributed by atoms with Gasteiger partial charge in [0, 0.05) is 11.6 Å². The van der Waals surface area contributed by atoms with Crippen LogP contribution in [0.1, 0.15) is 23.6 Å². The Morgan fingerprint density at radius 1 is 1.27 bits per heavy atom. The number of aryl methyl sites for hydroxylation is 2. The first-order valence-corrected chi connectivity index (χ1v) is 8.91. The fourth-order valence-corrected chi connectivity index (χ4v) is 3.43. The Morgan fingerprint density at radius 2 is 2.08 bits per heavy atom. The van der Waals surface area contributed by atoms with Crippen molar-refractivity contribution >= 4 is 40.3 Å². The Kier molecular flexibility index (Phi) is 5.18. The molecule has 6 nitrogen and oxygen atoms in total. The highest BCUT2D eigenvalue weighted by Crippen LogP contribution is 2.29. The number of aliphatic imine (C=N–C) groups is 1. The molecule has 26 heavy (non-hydrogen) atoms. The average molecular weight is 367 g/mol. The molecule has 0 radical (unpaired) electrons. The van der Waals surface area contributed by atoms with Crippen LogP contribution in [-0.2, 0) is 11.2 Å². The van der Waals surface area contributed by atoms with Crippen molar-refractivity contribution in [3.05, 3.63) is 74.2 Å². The van der Waals surface area contributed by atoms with Crippen molar-refractivity contribution in [3.8, 4) is 0 Å². The van der Waals surface area contributed by atoms with Crippen LogP contribution >= 0.6 is 11.8 Å². The van der Waals surface area contributed by atoms with Gasteiger partial charge in [-0.25, -0.2) is 4.99 Å². The Labute approximate surface area is 155 Å². The average Bonchev–Trinajstić information content (AvgIpc) is 2.94. The lowest BCUT2D eigenvalue weighted by Gasteiger charge is -2.01. The minimum Gasteiger partial charge on any atom is -0.300 e. The van der Waals surface area contributed by atoms with Gasteiger partial charge in [0.1, 0.15) is 0 Å². The van der Waals surface area contributed by atoms with E-state index in [4.69, 9.17) is 0 Å². The summed E-state index contributed by atoms with van der Waals surface area (Å²) in [5.41, 5.74) is 3.20. The predicted molar refractivity (Wildman–Crippen MR) is 104 cm³/mol. The third-order valence-corrected chi connectivity index (χ3v) is 4.78. The molecule has 0 bridgehead atoms. The summed E-state index contributed by atoms with van der Waals surface area (Å²) >= 11 is 1.22. The van der Waals surface area contributed by atoms with Crippen LogP contribution in [0.4, 0.5) is 11.4 Å². The maximum atomic E-state index is 12.2. The van der Waals surface area contributed by atoms with Gasteiger partial charge in [0.2, 0.25) is 0 Å². The van der Waals surface area contributed by atoms with Gasteiger partial charge in [0.05, 0.1) is 15.5 Å². The van der Waals surface area contributed by atoms with Crippen molar-refractivity contribution < 1.29 is 9.72 Å². The first kappa shape index (κ1) is 17.9. The van der Waals surface area contributed by atoms with Crippen LogP contribution in [0.2, 0.25) is 0 Å². The van der Waals surface area contributed by atoms with Gasteiger partial charge in [-0.1, -0.05) is 31.2 Å². The number of nitro groups is 1. The van der Waals surface area contributed by atoms with Crippen molar-refractivity contribution in [2.45, 2.75) is 20.3 Å². The standard InChI is InChI=1S/C19H17N3O3S/c1-3-14-8-7-13(10-16(14)22(24)25)11-17-18(23)21-19(26-17)20-15-6-4-5-12(2)9-15/h4-11H,3H2,1-2H3,(H,20,21,23)/b17-11-. The Bertz CT molecular complexity index is 951. The lowest BCUT2D eigenvalue weighted by Crippen LogP contribution is -2.19. The minimum atomic E-state index is -0.396. The van der Waals surface area contributed by atoms with E-state index in [1.165, 1.54) is 17.8 Å². The van der Waals surface area contributed by atoms with Crippen molar-refractivity contribution in [2.24, 2.45) is 4.99 Å². The topological polar surface area (TPSA) is 84.6 Å². The number of thioether (sulfide) groups is 1. The van der Waals surface area contributed by atoms with E-state index in [0.29, 0.717) is 27.6 Å². The predicted octanol–water partition coefficient (Wildman–Crippen LogP) is 4.36. The number of amidine groups is 1. The lowest BCUT2D eigenvalue weighted by atomic mass is 10.1. The molecule has 2 aromatic rings. The van der Waals surface area contributed by atoms with Gasteiger partial charge < -0.3 is 5.32 Å². The van der Waals surface area contributed by atoms with Crippen molar-refractivity contribution in [1.29, 1.82) is 0 Å². The second kappa shape index (κ2) is 7.53. The van der Waals surface area contributed by atoms with Crippen LogP contribution in [0.15, 0.2) is 52.4 Å². The highest BCUT2D eigenvalue weighted by molar-refractivity contribution is 8.18. The van der Waals surface area contributed by atoms with Crippen molar-refractivity contribution in [1.82, 2.24) is 5.32 Å². The highest BCUT2D eigenvalue weighted by Gasteiger charge is 2.24. The van der Waals surface area contributed by atoms with E-state index in [1.807, 2.05) is 38.1 Å². The molecule has 1 heterocycles. The van der Waals surface area contributed by atoms with Crippen LogP contribution in [-0.4, -0.2) is 16.0 Å². The van der Waals surface area contributed by atoms with Crippen LogP contribution in [0.5, 0.6) is 0 Å². The third kappa shape index (κ3) is 4.00. The first-order chi connectivity index (χ1) is 12.5. The fraction of sp³-hybridized carbons (Fsp3) is 0.158. The molecule has 1 saturated heterocycles. The summed E-state index contributed by atoms with van der Waals surface area (Å²) in [7, 11) is 0. The van der Waals surface area contributed by atoms with E-state index in [2.05, 4.69) is 10.3 Å². The molecule has 0 atom stereocenters. The fourth-order valence-electron chi connectivity index (χ4n) is 2.59. The van der Waals surface area contributed by atoms with Crippen molar-refractivity contribution in [2.75, 3.05) is 0 Å². The second-order valence-electron chi connectivity index (χ2n) is 5.82. The molecule has 1 aliphatic heterocycles. The molecule has 7 heteroatoms. The molecule has 0 unspecified atom stereocenters. The van der Waals surface area contributed by atoms with Gasteiger partial charge in [-0.15, -0.1) is 0 Å². The summed E-state index contributed by atoms with van der Waals surface area (Å²) in [5.74, 6) is -0.261. The summed E-state index contributed by atoms with van der Waals surface area (Å²) in [6.45, 7) is 3.84. The van der Waals surface area contributed by atoms with E-state index in [1.54, 1.807) is 18.2 Å². The summed E-state index contributed by atoms with van der Waals surface area (Å²) in [4.78, 5) is 27.9. The third-order valence-electron chi connectivity index (χ3n) is 3.87. The zero-order valence-electron chi connectivity index (χ0n) is 14.4. The summed E-state index contributed by atoms with van der Waals surface area (Å²) in [5, 5.41) is 14.4. The molecular formula is C19H17N3O3S. The SMILES string of the molecule is CCc1ccc(/C=C2\SC(=Nc3cccc(C)c3)NC2=O)cc1[N+](=O)[O-]. The number of carbonyl (C=O) groups is 1. The van der Waals surface area contributed by atoms with Gasteiger partial charge in [-0.3, -0.25) is 14.9 Å². The van der Waals surface area contributed by atoms with Gasteiger partial charge in [-0.05, 0) is 54.4 Å². The van der Waals surface area contributed by atoms with Gasteiger partial charge in [0.15, 0.2) is 5.17 Å². The first-order valence-electron chi connectivity index (χ1n) is 8.10. The van der Waals surface area contributed by atoms with Crippen LogP contribution < -0.4 is 5.32 Å². The van der Waals surface area contributed by atoms with E-state index < -0.39 is 4.92 Å². The molecule has 1 N–H and O–H groups in total. The normalized spacial score (nSPS) is 16.9. The smallest absolute Gasteiger partial charge is 0.273 e. The van der Waals surface area contributed by atoms with Crippen LogP contribution in [0.25, 0.3) is 6.08 Å². The number of amides is 1. The molecular weight excluding hydrogens is 350 g/mol. The molecule has 132 valence electrons. The van der Waals surface area contributed by atoms with Crippen LogP contribution in [0, 0.1) is 17.0 Å². The Morgan fingerprint density at radius 3 is 2.77 bits per heavy atom. The number of carbonyl (C=O) groups excluding carboxylic acids is 1. The molecule has 2 aromatic carbocycles. The molecule has 3 rings (SSSR count). The molecule has 0 aliphatic carbocycles. The Hall–Kier alpha value is -2.93. The number of benzene rings is 2. The highest BCUT2D eigenvalue weighted by atomic mass is 32.2. The van der Waals surface area contributed by atoms with E-state index in [-0.39, 0.29) is 11.6 Å². The van der Waals surface area contributed by atoms with E-state index in [9.17, 15) is 14.9 Å². The zero-order valence-corrected chi connectivity index (χ0v) is 15.2. The molecule has 1 amide bonds. The molecule has 1 aliphatic rings. The maximum absolute atomic E-state index is 12.2. The van der Waals surface area contributed by atoms with Gasteiger partial charge >= 0.3 is 0 Å². The molecule has 1 fully saturated rings. The molecule has 0 saturated carbocycles. The van der Waals surface area contributed by atoms with Gasteiger partial charge in [0.25, 0.3) is 11.6 Å². The van der Waals surface area contributed by atoms with Crippen LogP contribution in [0.3, 0.4) is 0 Å². The Balaban J connectivity index is 1.87. The largest absolute Gasteiger partial charge is 0.300 e. The quantitative estimate of drug-likeness (QED) is 0.494. The number of hydrogen-bond donors (Lipinski definition) is 1. The number of nitro benzene ring substituents is 1. The summed E-state index contributed by atoms with van der Waals surface area (Å²) in [6.07, 6.45) is 2.22. The lowest BCUT2D eigenvalue weighted by molar-refractivity contribution is -0.385. The number of nitrogens with one attached hydrogen (secondary N) is 1. The summed E-state index contributed by atoms with van der Waals surface area (Å²) in [6, 6.07) is 12.7. The number of nitrogens with zero attached hydrogens (tertiary/aromatic N) is 2. The summed E-state index contributed by atoms with van der Waals surface area (Å²) < 4.78 is 0.